The molecule has 2 N–H and O–H groups in total. The Morgan fingerprint density at radius 1 is 1.11 bits per heavy atom. The molecule has 1 aliphatic rings. The molecule has 1 aromatic heterocycles. The third kappa shape index (κ3) is 2.58. The summed E-state index contributed by atoms with van der Waals surface area (Å²) in [5, 5.41) is 10.8. The van der Waals surface area contributed by atoms with Crippen LogP contribution in [-0.2, 0) is 4.74 Å². The molecule has 27 heavy (non-hydrogen) atoms. The first-order valence-corrected chi connectivity index (χ1v) is 8.04. The Bertz CT molecular complexity index is 1180. The van der Waals surface area contributed by atoms with Gasteiger partial charge in [-0.15, -0.1) is 0 Å². The van der Waals surface area contributed by atoms with Crippen molar-refractivity contribution in [3.63, 3.8) is 0 Å². The van der Waals surface area contributed by atoms with E-state index in [0.29, 0.717) is 16.9 Å². The van der Waals surface area contributed by atoms with Gasteiger partial charge in [-0.3, -0.25) is 9.78 Å². The number of carbonyl (C=O) groups is 1. The summed E-state index contributed by atoms with van der Waals surface area (Å²) in [6.45, 7) is 0. The number of rotatable bonds is 3. The summed E-state index contributed by atoms with van der Waals surface area (Å²) in [5.41, 5.74) is -0.847. The number of H-pyrrole nitrogens is 1. The van der Waals surface area contributed by atoms with Crippen LogP contribution >= 0.6 is 0 Å². The topological polar surface area (TPSA) is 111 Å². The number of cyclic esters (lactones) is 1. The van der Waals surface area contributed by atoms with Crippen LogP contribution in [0, 0.1) is 0 Å². The highest BCUT2D eigenvalue weighted by Crippen LogP contribution is 2.37. The SMILES string of the molecule is COc1cccc(-n2c(O)c([C@H]3OC(=O)c4ccccc43)c(=O)[nH]c2=O)c1. The Labute approximate surface area is 152 Å². The van der Waals surface area contributed by atoms with Gasteiger partial charge < -0.3 is 14.6 Å². The van der Waals surface area contributed by atoms with Gasteiger partial charge in [-0.2, -0.15) is 0 Å². The maximum atomic E-state index is 12.4. The first kappa shape index (κ1) is 16.6. The summed E-state index contributed by atoms with van der Waals surface area (Å²) in [4.78, 5) is 39.0. The molecule has 1 aliphatic heterocycles. The molecule has 0 aliphatic carbocycles. The normalized spacial score (nSPS) is 15.3. The number of hydrogen-bond donors (Lipinski definition) is 2. The fourth-order valence-electron chi connectivity index (χ4n) is 3.12. The smallest absolute Gasteiger partial charge is 0.339 e. The fraction of sp³-hybridized carbons (Fsp3) is 0.105. The zero-order chi connectivity index (χ0) is 19.1. The third-order valence-corrected chi connectivity index (χ3v) is 4.38. The molecule has 0 spiro atoms. The van der Waals surface area contributed by atoms with Gasteiger partial charge in [0.1, 0.15) is 11.3 Å². The maximum Gasteiger partial charge on any atom is 0.339 e. The maximum absolute atomic E-state index is 12.4. The van der Waals surface area contributed by atoms with Gasteiger partial charge in [0, 0.05) is 11.6 Å². The predicted octanol–water partition coefficient (Wildman–Crippen LogP) is 1.50. The van der Waals surface area contributed by atoms with Crippen LogP contribution < -0.4 is 16.0 Å². The van der Waals surface area contributed by atoms with Gasteiger partial charge in [0.15, 0.2) is 6.10 Å². The third-order valence-electron chi connectivity index (χ3n) is 4.38. The number of fused-ring (bicyclic) bond motifs is 1. The molecule has 136 valence electrons. The van der Waals surface area contributed by atoms with Gasteiger partial charge in [0.05, 0.1) is 18.4 Å². The summed E-state index contributed by atoms with van der Waals surface area (Å²) in [6, 6.07) is 13.0. The number of aromatic hydroxyl groups is 1. The number of methoxy groups -OCH3 is 1. The van der Waals surface area contributed by atoms with Crippen LogP contribution in [0.2, 0.25) is 0 Å². The van der Waals surface area contributed by atoms with Crippen LogP contribution in [0.3, 0.4) is 0 Å². The summed E-state index contributed by atoms with van der Waals surface area (Å²) in [6.07, 6.45) is -1.12. The van der Waals surface area contributed by atoms with Crippen molar-refractivity contribution in [3.05, 3.63) is 86.1 Å². The molecule has 1 atom stereocenters. The fourth-order valence-corrected chi connectivity index (χ4v) is 3.12. The molecule has 0 fully saturated rings. The minimum atomic E-state index is -1.12. The quantitative estimate of drug-likeness (QED) is 0.680. The van der Waals surface area contributed by atoms with Crippen LogP contribution in [-0.4, -0.2) is 27.7 Å². The molecule has 2 aromatic carbocycles. The van der Waals surface area contributed by atoms with Crippen molar-refractivity contribution < 1.29 is 19.4 Å². The van der Waals surface area contributed by atoms with Gasteiger partial charge in [-0.1, -0.05) is 24.3 Å². The Kier molecular flexibility index (Phi) is 3.80. The molecule has 0 saturated carbocycles. The zero-order valence-electron chi connectivity index (χ0n) is 14.1. The van der Waals surface area contributed by atoms with E-state index in [9.17, 15) is 19.5 Å². The number of esters is 1. The van der Waals surface area contributed by atoms with Crippen molar-refractivity contribution in [1.82, 2.24) is 9.55 Å². The van der Waals surface area contributed by atoms with Crippen molar-refractivity contribution in [1.29, 1.82) is 0 Å². The number of aromatic nitrogens is 2. The number of nitrogens with zero attached hydrogens (tertiary/aromatic N) is 1. The highest BCUT2D eigenvalue weighted by atomic mass is 16.5. The van der Waals surface area contributed by atoms with Crippen LogP contribution in [0.25, 0.3) is 5.69 Å². The monoisotopic (exact) mass is 366 g/mol. The molecular formula is C19H14N2O6. The van der Waals surface area contributed by atoms with Crippen LogP contribution in [0.1, 0.15) is 27.6 Å². The second kappa shape index (κ2) is 6.17. The average molecular weight is 366 g/mol. The standard InChI is InChI=1S/C19H14N2O6/c1-26-11-6-4-5-10(9-11)21-17(23)14(16(22)20-19(21)25)15-12-7-2-3-8-13(12)18(24)27-15/h2-9,15,23H,1H3,(H,20,22,25)/t15-/m0/s1. The summed E-state index contributed by atoms with van der Waals surface area (Å²) >= 11 is 0. The van der Waals surface area contributed by atoms with E-state index in [1.54, 1.807) is 42.5 Å². The Balaban J connectivity index is 1.95. The number of ether oxygens (including phenoxy) is 2. The molecule has 8 nitrogen and oxygen atoms in total. The summed E-state index contributed by atoms with van der Waals surface area (Å²) in [5.74, 6) is -0.746. The highest BCUT2D eigenvalue weighted by Gasteiger charge is 2.36. The Morgan fingerprint density at radius 2 is 1.89 bits per heavy atom. The Morgan fingerprint density at radius 3 is 2.67 bits per heavy atom. The lowest BCUT2D eigenvalue weighted by Gasteiger charge is -2.16. The average Bonchev–Trinajstić information content (AvgIpc) is 2.98. The lowest BCUT2D eigenvalue weighted by atomic mass is 10.0. The molecule has 3 aromatic rings. The first-order valence-electron chi connectivity index (χ1n) is 8.04. The molecule has 4 rings (SSSR count). The van der Waals surface area contributed by atoms with Crippen molar-refractivity contribution in [3.8, 4) is 17.3 Å². The second-order valence-corrected chi connectivity index (χ2v) is 5.91. The second-order valence-electron chi connectivity index (χ2n) is 5.91. The van der Waals surface area contributed by atoms with Crippen LogP contribution in [0.5, 0.6) is 11.6 Å². The van der Waals surface area contributed by atoms with E-state index in [-0.39, 0.29) is 11.3 Å². The van der Waals surface area contributed by atoms with Crippen LogP contribution in [0.15, 0.2) is 58.1 Å². The van der Waals surface area contributed by atoms with E-state index >= 15 is 0 Å². The molecule has 0 bridgehead atoms. The number of carbonyl (C=O) groups excluding carboxylic acids is 1. The van der Waals surface area contributed by atoms with Crippen molar-refractivity contribution in [2.24, 2.45) is 0 Å². The molecule has 8 heteroatoms. The first-order chi connectivity index (χ1) is 13.0. The minimum absolute atomic E-state index is 0.226. The van der Waals surface area contributed by atoms with E-state index < -0.39 is 29.2 Å². The lowest BCUT2D eigenvalue weighted by Crippen LogP contribution is -2.32. The van der Waals surface area contributed by atoms with E-state index in [2.05, 4.69) is 4.98 Å². The molecule has 0 radical (unpaired) electrons. The van der Waals surface area contributed by atoms with E-state index in [0.717, 1.165) is 4.57 Å². The highest BCUT2D eigenvalue weighted by molar-refractivity contribution is 5.94. The van der Waals surface area contributed by atoms with Gasteiger partial charge in [0.2, 0.25) is 5.88 Å². The van der Waals surface area contributed by atoms with Crippen molar-refractivity contribution in [2.45, 2.75) is 6.10 Å². The van der Waals surface area contributed by atoms with Gasteiger partial charge >= 0.3 is 11.7 Å². The largest absolute Gasteiger partial charge is 0.497 e. The minimum Gasteiger partial charge on any atom is -0.497 e. The molecule has 0 amide bonds. The summed E-state index contributed by atoms with van der Waals surface area (Å²) in [7, 11) is 1.47. The van der Waals surface area contributed by atoms with Crippen molar-refractivity contribution in [2.75, 3.05) is 7.11 Å². The van der Waals surface area contributed by atoms with Crippen molar-refractivity contribution >= 4 is 5.97 Å². The predicted molar refractivity (Wildman–Crippen MR) is 94.6 cm³/mol. The Hall–Kier alpha value is -3.81. The number of aromatic amines is 1. The van der Waals surface area contributed by atoms with Gasteiger partial charge in [-0.25, -0.2) is 14.2 Å². The zero-order valence-corrected chi connectivity index (χ0v) is 14.1. The molecule has 2 heterocycles. The van der Waals surface area contributed by atoms with Gasteiger partial charge in [0.25, 0.3) is 5.56 Å². The number of nitrogens with one attached hydrogen (secondary N) is 1. The number of hydrogen-bond acceptors (Lipinski definition) is 6. The summed E-state index contributed by atoms with van der Waals surface area (Å²) < 4.78 is 11.4. The van der Waals surface area contributed by atoms with E-state index in [4.69, 9.17) is 9.47 Å². The molecular weight excluding hydrogens is 352 g/mol. The lowest BCUT2D eigenvalue weighted by molar-refractivity contribution is 0.0449. The molecule has 0 saturated heterocycles. The number of benzene rings is 2. The van der Waals surface area contributed by atoms with Crippen LogP contribution in [0.4, 0.5) is 0 Å². The molecule has 0 unspecified atom stereocenters. The van der Waals surface area contributed by atoms with Gasteiger partial charge in [-0.05, 0) is 18.2 Å². The van der Waals surface area contributed by atoms with E-state index in [1.807, 2.05) is 0 Å². The van der Waals surface area contributed by atoms with E-state index in [1.165, 1.54) is 13.2 Å².